The van der Waals surface area contributed by atoms with Crippen molar-refractivity contribution in [2.24, 2.45) is 4.99 Å². The molecule has 0 radical (unpaired) electrons. The fourth-order valence-corrected chi connectivity index (χ4v) is 4.32. The Kier molecular flexibility index (Phi) is 4.88. The number of aryl methyl sites for hydroxylation is 2. The van der Waals surface area contributed by atoms with Crippen molar-refractivity contribution in [3.05, 3.63) is 61.5 Å². The van der Waals surface area contributed by atoms with Crippen LogP contribution in [0.25, 0.3) is 10.2 Å². The van der Waals surface area contributed by atoms with Crippen LogP contribution in [0.1, 0.15) is 21.5 Å². The number of amides is 1. The molecule has 3 aromatic rings. The van der Waals surface area contributed by atoms with Crippen LogP contribution < -0.4 is 4.80 Å². The van der Waals surface area contributed by atoms with Crippen molar-refractivity contribution >= 4 is 50.1 Å². The van der Waals surface area contributed by atoms with Crippen molar-refractivity contribution < 1.29 is 4.79 Å². The molecule has 0 saturated heterocycles. The van der Waals surface area contributed by atoms with E-state index in [2.05, 4.69) is 59.5 Å². The van der Waals surface area contributed by atoms with Gasteiger partial charge in [0.05, 0.1) is 22.3 Å². The summed E-state index contributed by atoms with van der Waals surface area (Å²) in [7, 11) is 0. The molecule has 0 aliphatic heterocycles. The molecule has 0 unspecified atom stereocenters. The zero-order valence-corrected chi connectivity index (χ0v) is 16.3. The van der Waals surface area contributed by atoms with Gasteiger partial charge in [-0.3, -0.25) is 4.79 Å². The highest BCUT2D eigenvalue weighted by Gasteiger charge is 2.12. The third kappa shape index (κ3) is 3.17. The summed E-state index contributed by atoms with van der Waals surface area (Å²) in [4.78, 5) is 17.6. The molecule has 1 amide bonds. The Morgan fingerprint density at radius 3 is 2.79 bits per heavy atom. The number of fused-ring (bicyclic) bond motifs is 1. The minimum atomic E-state index is -0.244. The number of halogens is 1. The lowest BCUT2D eigenvalue weighted by Gasteiger charge is -2.03. The number of rotatable bonds is 2. The standard InChI is InChI=1S/C19H15IN2OS/c1-4-9-22-16-11-12(2)10-13(3)17(16)24-19(22)21-18(23)14-7-5-6-8-15(14)20/h1,5-8,10-11H,9H2,2-3H3. The van der Waals surface area contributed by atoms with E-state index in [1.165, 1.54) is 22.5 Å². The van der Waals surface area contributed by atoms with E-state index in [0.29, 0.717) is 16.9 Å². The Labute approximate surface area is 158 Å². The van der Waals surface area contributed by atoms with Crippen LogP contribution in [0.2, 0.25) is 0 Å². The summed E-state index contributed by atoms with van der Waals surface area (Å²) >= 11 is 3.66. The van der Waals surface area contributed by atoms with Crippen LogP contribution in [-0.4, -0.2) is 10.5 Å². The van der Waals surface area contributed by atoms with E-state index in [1.807, 2.05) is 22.8 Å². The van der Waals surface area contributed by atoms with E-state index in [0.717, 1.165) is 13.8 Å². The lowest BCUT2D eigenvalue weighted by molar-refractivity contribution is 0.0997. The number of terminal acetylenes is 1. The Bertz CT molecular complexity index is 1050. The van der Waals surface area contributed by atoms with Crippen LogP contribution in [0.15, 0.2) is 41.4 Å². The van der Waals surface area contributed by atoms with E-state index in [1.54, 1.807) is 6.07 Å². The van der Waals surface area contributed by atoms with Crippen LogP contribution in [0.4, 0.5) is 0 Å². The van der Waals surface area contributed by atoms with Crippen LogP contribution in [-0.2, 0) is 6.54 Å². The molecule has 5 heteroatoms. The van der Waals surface area contributed by atoms with Gasteiger partial charge in [0.25, 0.3) is 5.91 Å². The molecule has 2 aromatic carbocycles. The SMILES string of the molecule is C#CCn1c(=NC(=O)c2ccccc2I)sc2c(C)cc(C)cc21. The van der Waals surface area contributed by atoms with Gasteiger partial charge in [0.15, 0.2) is 4.80 Å². The molecule has 0 aliphatic rings. The minimum Gasteiger partial charge on any atom is -0.305 e. The number of benzene rings is 2. The maximum Gasteiger partial charge on any atom is 0.280 e. The highest BCUT2D eigenvalue weighted by molar-refractivity contribution is 14.1. The van der Waals surface area contributed by atoms with Crippen LogP contribution in [0, 0.1) is 29.8 Å². The maximum absolute atomic E-state index is 12.6. The second-order valence-electron chi connectivity index (χ2n) is 5.50. The number of carbonyl (C=O) groups is 1. The summed E-state index contributed by atoms with van der Waals surface area (Å²) in [6.07, 6.45) is 5.53. The normalized spacial score (nSPS) is 11.7. The lowest BCUT2D eigenvalue weighted by Crippen LogP contribution is -2.16. The fourth-order valence-electron chi connectivity index (χ4n) is 2.62. The molecule has 0 atom stereocenters. The molecule has 0 spiro atoms. The van der Waals surface area contributed by atoms with Gasteiger partial charge in [-0.1, -0.05) is 35.5 Å². The van der Waals surface area contributed by atoms with E-state index in [-0.39, 0.29) is 5.91 Å². The second kappa shape index (κ2) is 6.91. The van der Waals surface area contributed by atoms with Crippen molar-refractivity contribution in [2.45, 2.75) is 20.4 Å². The zero-order valence-electron chi connectivity index (χ0n) is 13.3. The van der Waals surface area contributed by atoms with Crippen LogP contribution in [0.3, 0.4) is 0 Å². The first kappa shape index (κ1) is 16.9. The molecule has 3 nitrogen and oxygen atoms in total. The number of aromatic nitrogens is 1. The molecule has 3 rings (SSSR count). The maximum atomic E-state index is 12.6. The lowest BCUT2D eigenvalue weighted by atomic mass is 10.1. The first-order valence-electron chi connectivity index (χ1n) is 7.39. The molecular formula is C19H15IN2OS. The van der Waals surface area contributed by atoms with Gasteiger partial charge in [0.2, 0.25) is 0 Å². The average molecular weight is 446 g/mol. The minimum absolute atomic E-state index is 0.244. The first-order valence-corrected chi connectivity index (χ1v) is 9.28. The summed E-state index contributed by atoms with van der Waals surface area (Å²) in [5.74, 6) is 2.42. The topological polar surface area (TPSA) is 34.4 Å². The molecule has 1 heterocycles. The summed E-state index contributed by atoms with van der Waals surface area (Å²) in [6.45, 7) is 4.51. The molecule has 24 heavy (non-hydrogen) atoms. The summed E-state index contributed by atoms with van der Waals surface area (Å²) in [6, 6.07) is 11.7. The van der Waals surface area contributed by atoms with Crippen molar-refractivity contribution in [2.75, 3.05) is 0 Å². The van der Waals surface area contributed by atoms with Crippen molar-refractivity contribution in [3.63, 3.8) is 0 Å². The van der Waals surface area contributed by atoms with E-state index in [9.17, 15) is 4.79 Å². The quantitative estimate of drug-likeness (QED) is 0.427. The van der Waals surface area contributed by atoms with Crippen LogP contribution in [0.5, 0.6) is 0 Å². The Morgan fingerprint density at radius 2 is 2.08 bits per heavy atom. The fraction of sp³-hybridized carbons (Fsp3) is 0.158. The molecular weight excluding hydrogens is 431 g/mol. The smallest absolute Gasteiger partial charge is 0.280 e. The van der Waals surface area contributed by atoms with Crippen molar-refractivity contribution in [1.82, 2.24) is 4.57 Å². The molecule has 0 aliphatic carbocycles. The highest BCUT2D eigenvalue weighted by Crippen LogP contribution is 2.23. The Hall–Kier alpha value is -1.91. The van der Waals surface area contributed by atoms with Crippen molar-refractivity contribution in [3.8, 4) is 12.3 Å². The molecule has 120 valence electrons. The second-order valence-corrected chi connectivity index (χ2v) is 7.64. The van der Waals surface area contributed by atoms with Gasteiger partial charge < -0.3 is 4.57 Å². The number of carbonyl (C=O) groups excluding carboxylic acids is 1. The first-order chi connectivity index (χ1) is 11.5. The van der Waals surface area contributed by atoms with Gasteiger partial charge in [-0.2, -0.15) is 4.99 Å². The average Bonchev–Trinajstić information content (AvgIpc) is 2.86. The highest BCUT2D eigenvalue weighted by atomic mass is 127. The third-order valence-electron chi connectivity index (χ3n) is 3.67. The molecule has 0 fully saturated rings. The number of nitrogens with zero attached hydrogens (tertiary/aromatic N) is 2. The van der Waals surface area contributed by atoms with Gasteiger partial charge in [-0.15, -0.1) is 6.42 Å². The monoisotopic (exact) mass is 446 g/mol. The largest absolute Gasteiger partial charge is 0.305 e. The van der Waals surface area contributed by atoms with E-state index >= 15 is 0 Å². The van der Waals surface area contributed by atoms with Crippen LogP contribution >= 0.6 is 33.9 Å². The Balaban J connectivity index is 2.24. The number of hydrogen-bond acceptors (Lipinski definition) is 2. The summed E-state index contributed by atoms with van der Waals surface area (Å²) in [5, 5.41) is 0. The van der Waals surface area contributed by atoms with E-state index < -0.39 is 0 Å². The van der Waals surface area contributed by atoms with Gasteiger partial charge >= 0.3 is 0 Å². The number of thiazole rings is 1. The predicted octanol–water partition coefficient (Wildman–Crippen LogP) is 4.30. The van der Waals surface area contributed by atoms with Crippen molar-refractivity contribution in [1.29, 1.82) is 0 Å². The molecule has 0 saturated carbocycles. The Morgan fingerprint density at radius 1 is 1.33 bits per heavy atom. The summed E-state index contributed by atoms with van der Waals surface area (Å²) in [5.41, 5.74) is 3.98. The van der Waals surface area contributed by atoms with Gasteiger partial charge in [0.1, 0.15) is 0 Å². The van der Waals surface area contributed by atoms with Gasteiger partial charge in [-0.25, -0.2) is 0 Å². The van der Waals surface area contributed by atoms with E-state index in [4.69, 9.17) is 6.42 Å². The van der Waals surface area contributed by atoms with Gasteiger partial charge in [0, 0.05) is 3.57 Å². The molecule has 0 bridgehead atoms. The predicted molar refractivity (Wildman–Crippen MR) is 107 cm³/mol. The third-order valence-corrected chi connectivity index (χ3v) is 5.84. The number of hydrogen-bond donors (Lipinski definition) is 0. The molecule has 0 N–H and O–H groups in total. The summed E-state index contributed by atoms with van der Waals surface area (Å²) < 4.78 is 3.94. The molecule has 1 aromatic heterocycles. The zero-order chi connectivity index (χ0) is 17.3. The van der Waals surface area contributed by atoms with Gasteiger partial charge in [-0.05, 0) is 65.8 Å².